The molecule has 6 nitrogen and oxygen atoms in total. The van der Waals surface area contributed by atoms with E-state index in [0.29, 0.717) is 5.01 Å². The zero-order chi connectivity index (χ0) is 14.6. The number of carbonyl (C=O) groups is 1. The molecule has 1 aromatic carbocycles. The summed E-state index contributed by atoms with van der Waals surface area (Å²) in [5, 5.41) is 12.1. The minimum absolute atomic E-state index is 0.0737. The molecule has 0 aromatic heterocycles. The summed E-state index contributed by atoms with van der Waals surface area (Å²) in [6.45, 7) is 1.32. The fraction of sp³-hybridized carbons (Fsp3) is 0.300. The molecule has 0 fully saturated rings. The lowest BCUT2D eigenvalue weighted by Gasteiger charge is -2.17. The predicted octanol–water partition coefficient (Wildman–Crippen LogP) is 3.97. The highest BCUT2D eigenvalue weighted by atomic mass is 19.4. The molecule has 0 aliphatic heterocycles. The number of hydrogen-bond acceptors (Lipinski definition) is 2. The molecular weight excluding hydrogens is 265 g/mol. The van der Waals surface area contributed by atoms with Gasteiger partial charge in [-0.25, -0.2) is 0 Å². The third-order valence-electron chi connectivity index (χ3n) is 2.40. The Hall–Kier alpha value is -2.41. The van der Waals surface area contributed by atoms with Gasteiger partial charge < -0.3 is 5.11 Å². The van der Waals surface area contributed by atoms with Gasteiger partial charge >= 0.3 is 12.3 Å². The van der Waals surface area contributed by atoms with Crippen molar-refractivity contribution in [1.82, 2.24) is 5.01 Å². The molecule has 1 atom stereocenters. The molecule has 1 N–H and O–H groups in total. The van der Waals surface area contributed by atoms with Gasteiger partial charge in [0.15, 0.2) is 0 Å². The lowest BCUT2D eigenvalue weighted by Crippen LogP contribution is -2.26. The van der Waals surface area contributed by atoms with Crippen LogP contribution in [0.4, 0.5) is 18.0 Å². The van der Waals surface area contributed by atoms with Crippen LogP contribution < -0.4 is 0 Å². The van der Waals surface area contributed by atoms with E-state index in [1.165, 1.54) is 13.0 Å². The SMILES string of the molecule is CC(c1cccc(C(F)(F)F)c1)N(N=[N+]=[N-])C(=O)O. The molecule has 0 heterocycles. The maximum absolute atomic E-state index is 12.5. The molecule has 1 unspecified atom stereocenters. The van der Waals surface area contributed by atoms with Crippen LogP contribution in [0.15, 0.2) is 29.5 Å². The van der Waals surface area contributed by atoms with Crippen molar-refractivity contribution < 1.29 is 23.1 Å². The summed E-state index contributed by atoms with van der Waals surface area (Å²) in [5.41, 5.74) is 7.41. The lowest BCUT2D eigenvalue weighted by atomic mass is 10.0. The Morgan fingerprint density at radius 2 is 2.16 bits per heavy atom. The molecule has 9 heteroatoms. The largest absolute Gasteiger partial charge is 0.508 e. The molecule has 19 heavy (non-hydrogen) atoms. The maximum atomic E-state index is 12.5. The topological polar surface area (TPSA) is 89.3 Å². The van der Waals surface area contributed by atoms with Crippen molar-refractivity contribution in [2.45, 2.75) is 19.1 Å². The average molecular weight is 274 g/mol. The Morgan fingerprint density at radius 3 is 2.63 bits per heavy atom. The van der Waals surface area contributed by atoms with Crippen LogP contribution in [-0.4, -0.2) is 16.2 Å². The van der Waals surface area contributed by atoms with E-state index in [-0.39, 0.29) is 5.56 Å². The molecular formula is C10H9F3N4O2. The Bertz CT molecular complexity index is 524. The van der Waals surface area contributed by atoms with Crippen molar-refractivity contribution in [3.63, 3.8) is 0 Å². The van der Waals surface area contributed by atoms with Gasteiger partial charge in [0.05, 0.1) is 5.56 Å². The molecule has 0 radical (unpaired) electrons. The summed E-state index contributed by atoms with van der Waals surface area (Å²) in [6.07, 6.45) is -6.08. The minimum atomic E-state index is -4.53. The van der Waals surface area contributed by atoms with E-state index in [0.717, 1.165) is 18.2 Å². The second-order valence-corrected chi connectivity index (χ2v) is 3.61. The number of carboxylic acid groups (broad SMARTS) is 1. The Morgan fingerprint density at radius 1 is 1.53 bits per heavy atom. The number of azide groups is 1. The van der Waals surface area contributed by atoms with E-state index in [4.69, 9.17) is 10.6 Å². The maximum Gasteiger partial charge on any atom is 0.508 e. The molecule has 0 aliphatic carbocycles. The van der Waals surface area contributed by atoms with Crippen LogP contribution in [0.2, 0.25) is 0 Å². The third kappa shape index (κ3) is 3.52. The highest BCUT2D eigenvalue weighted by Gasteiger charge is 2.32. The summed E-state index contributed by atoms with van der Waals surface area (Å²) in [4.78, 5) is 13.1. The van der Waals surface area contributed by atoms with Gasteiger partial charge in [0.2, 0.25) is 0 Å². The van der Waals surface area contributed by atoms with Crippen LogP contribution in [0.5, 0.6) is 0 Å². The van der Waals surface area contributed by atoms with Gasteiger partial charge in [-0.1, -0.05) is 12.1 Å². The fourth-order valence-corrected chi connectivity index (χ4v) is 1.44. The van der Waals surface area contributed by atoms with Crippen molar-refractivity contribution >= 4 is 6.09 Å². The van der Waals surface area contributed by atoms with Crippen molar-refractivity contribution in [3.8, 4) is 0 Å². The van der Waals surface area contributed by atoms with E-state index in [1.54, 1.807) is 0 Å². The van der Waals surface area contributed by atoms with Gasteiger partial charge in [-0.05, 0) is 29.8 Å². The number of alkyl halides is 3. The second-order valence-electron chi connectivity index (χ2n) is 3.61. The smallest absolute Gasteiger partial charge is 0.446 e. The lowest BCUT2D eigenvalue weighted by molar-refractivity contribution is -0.137. The first-order chi connectivity index (χ1) is 8.77. The van der Waals surface area contributed by atoms with Gasteiger partial charge in [-0.2, -0.15) is 22.9 Å². The summed E-state index contributed by atoms with van der Waals surface area (Å²) in [6, 6.07) is 3.13. The quantitative estimate of drug-likeness (QED) is 0.391. The van der Waals surface area contributed by atoms with Crippen LogP contribution in [0.3, 0.4) is 0 Å². The second kappa shape index (κ2) is 5.49. The van der Waals surface area contributed by atoms with Gasteiger partial charge in [-0.15, -0.1) is 10.5 Å². The zero-order valence-corrected chi connectivity index (χ0v) is 9.66. The van der Waals surface area contributed by atoms with Crippen molar-refractivity contribution in [3.05, 3.63) is 45.8 Å². The number of rotatable bonds is 3. The number of hydrogen-bond donors (Lipinski definition) is 1. The molecule has 0 saturated heterocycles. The standard InChI is InChI=1S/C10H9F3N4O2/c1-6(17(9(18)19)16-15-14)7-3-2-4-8(5-7)10(11,12)13/h2-6H,1H3,(H,18,19). The van der Waals surface area contributed by atoms with Crippen LogP contribution in [0, 0.1) is 0 Å². The van der Waals surface area contributed by atoms with Gasteiger partial charge in [0, 0.05) is 0 Å². The van der Waals surface area contributed by atoms with Crippen LogP contribution in [0.25, 0.3) is 10.4 Å². The highest BCUT2D eigenvalue weighted by Crippen LogP contribution is 2.31. The molecule has 1 aromatic rings. The summed E-state index contributed by atoms with van der Waals surface area (Å²) in [7, 11) is 0. The molecule has 1 rings (SSSR count). The molecule has 0 spiro atoms. The minimum Gasteiger partial charge on any atom is -0.446 e. The molecule has 0 saturated carbocycles. The number of nitrogens with zero attached hydrogens (tertiary/aromatic N) is 4. The number of benzene rings is 1. The van der Waals surface area contributed by atoms with Crippen LogP contribution in [-0.2, 0) is 6.18 Å². The molecule has 102 valence electrons. The van der Waals surface area contributed by atoms with Crippen molar-refractivity contribution in [2.75, 3.05) is 0 Å². The van der Waals surface area contributed by atoms with Crippen molar-refractivity contribution in [1.29, 1.82) is 0 Å². The predicted molar refractivity (Wildman–Crippen MR) is 58.9 cm³/mol. The van der Waals surface area contributed by atoms with E-state index >= 15 is 0 Å². The Balaban J connectivity index is 3.15. The zero-order valence-electron chi connectivity index (χ0n) is 9.66. The van der Waals surface area contributed by atoms with E-state index < -0.39 is 23.9 Å². The Labute approximate surface area is 105 Å². The first-order valence-electron chi connectivity index (χ1n) is 5.01. The average Bonchev–Trinajstić information content (AvgIpc) is 2.34. The number of amides is 1. The summed E-state index contributed by atoms with van der Waals surface area (Å²) < 4.78 is 37.6. The fourth-order valence-electron chi connectivity index (χ4n) is 1.44. The monoisotopic (exact) mass is 274 g/mol. The number of halogens is 3. The van der Waals surface area contributed by atoms with E-state index in [2.05, 4.69) is 10.1 Å². The van der Waals surface area contributed by atoms with Gasteiger partial charge in [0.25, 0.3) is 0 Å². The first-order valence-corrected chi connectivity index (χ1v) is 5.01. The normalized spacial score (nSPS) is 12.4. The highest BCUT2D eigenvalue weighted by molar-refractivity contribution is 5.65. The van der Waals surface area contributed by atoms with Crippen LogP contribution >= 0.6 is 0 Å². The third-order valence-corrected chi connectivity index (χ3v) is 2.40. The Kier molecular flexibility index (Phi) is 4.23. The van der Waals surface area contributed by atoms with Gasteiger partial charge in [-0.3, -0.25) is 0 Å². The molecule has 0 bridgehead atoms. The van der Waals surface area contributed by atoms with Crippen molar-refractivity contribution in [2.24, 2.45) is 5.22 Å². The molecule has 0 aliphatic rings. The summed E-state index contributed by atoms with van der Waals surface area (Å²) >= 11 is 0. The van der Waals surface area contributed by atoms with E-state index in [1.807, 2.05) is 0 Å². The van der Waals surface area contributed by atoms with Crippen LogP contribution in [0.1, 0.15) is 24.1 Å². The first kappa shape index (κ1) is 14.7. The van der Waals surface area contributed by atoms with E-state index in [9.17, 15) is 18.0 Å². The summed E-state index contributed by atoms with van der Waals surface area (Å²) in [5.74, 6) is 0. The molecule has 1 amide bonds. The van der Waals surface area contributed by atoms with Gasteiger partial charge in [0.1, 0.15) is 6.04 Å².